The molecule has 0 saturated heterocycles. The second kappa shape index (κ2) is 51.0. The van der Waals surface area contributed by atoms with Crippen LogP contribution >= 0.6 is 0 Å². The Kier molecular flexibility index (Phi) is 48.8. The average Bonchev–Trinajstić information content (AvgIpc) is 3.27. The molecule has 0 aromatic carbocycles. The SMILES string of the molecule is CCC/C=C\C/C=C\CCCCCCCC(=O)OC(COC(=O)CCCCCCC/C=C\CCCCC)COC(=O)CCCCCCCCCCC/C=C\CCCCCCCC. The van der Waals surface area contributed by atoms with E-state index in [-0.39, 0.29) is 31.1 Å². The number of carbonyl (C=O) groups excluding carboxylic acids is 3. The zero-order chi connectivity index (χ0) is 45.1. The van der Waals surface area contributed by atoms with E-state index < -0.39 is 6.10 Å². The normalized spacial score (nSPS) is 12.4. The van der Waals surface area contributed by atoms with Crippen molar-refractivity contribution in [3.63, 3.8) is 0 Å². The lowest BCUT2D eigenvalue weighted by Gasteiger charge is -2.18. The lowest BCUT2D eigenvalue weighted by atomic mass is 10.1. The van der Waals surface area contributed by atoms with E-state index >= 15 is 0 Å². The zero-order valence-corrected chi connectivity index (χ0v) is 41.1. The molecule has 0 N–H and O–H groups in total. The molecule has 0 aromatic heterocycles. The smallest absolute Gasteiger partial charge is 0.306 e. The van der Waals surface area contributed by atoms with Gasteiger partial charge in [0.05, 0.1) is 0 Å². The van der Waals surface area contributed by atoms with Crippen molar-refractivity contribution < 1.29 is 28.6 Å². The minimum absolute atomic E-state index is 0.0816. The Morgan fingerprint density at radius 1 is 0.323 bits per heavy atom. The van der Waals surface area contributed by atoms with Gasteiger partial charge in [0, 0.05) is 19.3 Å². The highest BCUT2D eigenvalue weighted by Crippen LogP contribution is 2.15. The number of rotatable bonds is 48. The van der Waals surface area contributed by atoms with Crippen LogP contribution in [0.1, 0.15) is 271 Å². The molecular formula is C56H100O6. The van der Waals surface area contributed by atoms with Gasteiger partial charge in [0.1, 0.15) is 13.2 Å². The Morgan fingerprint density at radius 2 is 0.613 bits per heavy atom. The Balaban J connectivity index is 4.34. The van der Waals surface area contributed by atoms with Gasteiger partial charge < -0.3 is 14.2 Å². The first-order chi connectivity index (χ1) is 30.5. The maximum absolute atomic E-state index is 12.8. The fourth-order valence-corrected chi connectivity index (χ4v) is 7.47. The summed E-state index contributed by atoms with van der Waals surface area (Å²) in [6, 6.07) is 0. The van der Waals surface area contributed by atoms with Crippen molar-refractivity contribution in [2.24, 2.45) is 0 Å². The predicted octanol–water partition coefficient (Wildman–Crippen LogP) is 17.5. The van der Waals surface area contributed by atoms with Crippen molar-refractivity contribution in [1.82, 2.24) is 0 Å². The summed E-state index contributed by atoms with van der Waals surface area (Å²) in [6.45, 7) is 6.54. The molecule has 0 saturated carbocycles. The van der Waals surface area contributed by atoms with Crippen molar-refractivity contribution in [3.8, 4) is 0 Å². The molecule has 0 heterocycles. The molecule has 0 radical (unpaired) electrons. The summed E-state index contributed by atoms with van der Waals surface area (Å²) in [7, 11) is 0. The quantitative estimate of drug-likeness (QED) is 0.0262. The summed E-state index contributed by atoms with van der Waals surface area (Å²) in [5, 5.41) is 0. The molecular weight excluding hydrogens is 769 g/mol. The first-order valence-electron chi connectivity index (χ1n) is 26.6. The Morgan fingerprint density at radius 3 is 1.00 bits per heavy atom. The number of unbranched alkanes of at least 4 members (excludes halogenated alkanes) is 29. The summed E-state index contributed by atoms with van der Waals surface area (Å²) >= 11 is 0. The molecule has 0 aliphatic heterocycles. The number of carbonyl (C=O) groups is 3. The van der Waals surface area contributed by atoms with Gasteiger partial charge in [-0.3, -0.25) is 14.4 Å². The topological polar surface area (TPSA) is 78.9 Å². The fourth-order valence-electron chi connectivity index (χ4n) is 7.47. The number of hydrogen-bond donors (Lipinski definition) is 0. The first-order valence-corrected chi connectivity index (χ1v) is 26.6. The Bertz CT molecular complexity index is 1090. The number of hydrogen-bond acceptors (Lipinski definition) is 6. The van der Waals surface area contributed by atoms with Crippen LogP contribution in [-0.2, 0) is 28.6 Å². The predicted molar refractivity (Wildman–Crippen MR) is 265 cm³/mol. The third kappa shape index (κ3) is 48.4. The monoisotopic (exact) mass is 869 g/mol. The maximum Gasteiger partial charge on any atom is 0.306 e. The highest BCUT2D eigenvalue weighted by Gasteiger charge is 2.19. The Labute approximate surface area is 384 Å². The van der Waals surface area contributed by atoms with Crippen LogP contribution in [0.3, 0.4) is 0 Å². The lowest BCUT2D eigenvalue weighted by Crippen LogP contribution is -2.30. The number of esters is 3. The summed E-state index contributed by atoms with van der Waals surface area (Å²) in [5.41, 5.74) is 0. The van der Waals surface area contributed by atoms with Crippen LogP contribution in [0.5, 0.6) is 0 Å². The molecule has 0 rings (SSSR count). The zero-order valence-electron chi connectivity index (χ0n) is 41.1. The van der Waals surface area contributed by atoms with E-state index in [4.69, 9.17) is 14.2 Å². The number of allylic oxidation sites excluding steroid dienone is 8. The van der Waals surface area contributed by atoms with Gasteiger partial charge in [-0.2, -0.15) is 0 Å². The van der Waals surface area contributed by atoms with Crippen LogP contribution in [0, 0.1) is 0 Å². The molecule has 6 nitrogen and oxygen atoms in total. The van der Waals surface area contributed by atoms with Crippen LogP contribution < -0.4 is 0 Å². The van der Waals surface area contributed by atoms with Crippen LogP contribution in [0.15, 0.2) is 48.6 Å². The van der Waals surface area contributed by atoms with E-state index in [0.717, 1.165) is 96.3 Å². The molecule has 0 aromatic rings. The van der Waals surface area contributed by atoms with Gasteiger partial charge in [0.15, 0.2) is 6.10 Å². The van der Waals surface area contributed by atoms with E-state index in [1.165, 1.54) is 135 Å². The second-order valence-corrected chi connectivity index (χ2v) is 17.8. The van der Waals surface area contributed by atoms with E-state index in [9.17, 15) is 14.4 Å². The molecule has 1 unspecified atom stereocenters. The van der Waals surface area contributed by atoms with Crippen LogP contribution in [0.2, 0.25) is 0 Å². The molecule has 6 heteroatoms. The maximum atomic E-state index is 12.8. The van der Waals surface area contributed by atoms with E-state index in [0.29, 0.717) is 19.3 Å². The van der Waals surface area contributed by atoms with Crippen molar-refractivity contribution in [1.29, 1.82) is 0 Å². The molecule has 0 spiro atoms. The third-order valence-corrected chi connectivity index (χ3v) is 11.5. The van der Waals surface area contributed by atoms with Crippen LogP contribution in [0.4, 0.5) is 0 Å². The summed E-state index contributed by atoms with van der Waals surface area (Å²) in [5.74, 6) is -0.901. The van der Waals surface area contributed by atoms with Gasteiger partial charge in [-0.1, -0.05) is 204 Å². The minimum Gasteiger partial charge on any atom is -0.462 e. The molecule has 0 aliphatic carbocycles. The largest absolute Gasteiger partial charge is 0.462 e. The van der Waals surface area contributed by atoms with Crippen molar-refractivity contribution >= 4 is 17.9 Å². The summed E-state index contributed by atoms with van der Waals surface area (Å²) < 4.78 is 16.8. The molecule has 0 fully saturated rings. The lowest BCUT2D eigenvalue weighted by molar-refractivity contribution is -0.167. The minimum atomic E-state index is -0.782. The number of ether oxygens (including phenoxy) is 3. The molecule has 0 amide bonds. The van der Waals surface area contributed by atoms with Crippen molar-refractivity contribution in [2.45, 2.75) is 277 Å². The van der Waals surface area contributed by atoms with Gasteiger partial charge >= 0.3 is 17.9 Å². The van der Waals surface area contributed by atoms with E-state index in [2.05, 4.69) is 69.4 Å². The highest BCUT2D eigenvalue weighted by atomic mass is 16.6. The van der Waals surface area contributed by atoms with Gasteiger partial charge in [0.2, 0.25) is 0 Å². The summed E-state index contributed by atoms with van der Waals surface area (Å²) in [6.07, 6.45) is 60.9. The van der Waals surface area contributed by atoms with Gasteiger partial charge in [-0.15, -0.1) is 0 Å². The molecule has 62 heavy (non-hydrogen) atoms. The summed E-state index contributed by atoms with van der Waals surface area (Å²) in [4.78, 5) is 38.0. The first kappa shape index (κ1) is 59.4. The third-order valence-electron chi connectivity index (χ3n) is 11.5. The standard InChI is InChI=1S/C56H100O6/c1-4-7-10-13-16-19-22-25-26-27-28-29-30-32-34-37-40-43-46-49-55(58)61-52-53(51-60-54(57)48-45-42-39-36-33-24-21-18-15-12-9-6-3)62-56(59)50-47-44-41-38-35-31-23-20-17-14-11-8-5-2/h11,14,18,20-21,23,25-26,53H,4-10,12-13,15-17,19,22,24,27-52H2,1-3H3/b14-11-,21-18-,23-20-,26-25-. The molecule has 0 aliphatic rings. The van der Waals surface area contributed by atoms with Crippen LogP contribution in [-0.4, -0.2) is 37.2 Å². The fraction of sp³-hybridized carbons (Fsp3) is 0.804. The van der Waals surface area contributed by atoms with E-state index in [1.807, 2.05) is 0 Å². The Hall–Kier alpha value is -2.63. The molecule has 1 atom stereocenters. The van der Waals surface area contributed by atoms with Gasteiger partial charge in [-0.05, 0) is 96.3 Å². The molecule has 360 valence electrons. The van der Waals surface area contributed by atoms with Gasteiger partial charge in [0.25, 0.3) is 0 Å². The van der Waals surface area contributed by atoms with Crippen molar-refractivity contribution in [2.75, 3.05) is 13.2 Å². The van der Waals surface area contributed by atoms with Gasteiger partial charge in [-0.25, -0.2) is 0 Å². The highest BCUT2D eigenvalue weighted by molar-refractivity contribution is 5.71. The molecule has 0 bridgehead atoms. The van der Waals surface area contributed by atoms with E-state index in [1.54, 1.807) is 0 Å². The van der Waals surface area contributed by atoms with Crippen LogP contribution in [0.25, 0.3) is 0 Å². The van der Waals surface area contributed by atoms with Crippen molar-refractivity contribution in [3.05, 3.63) is 48.6 Å². The second-order valence-electron chi connectivity index (χ2n) is 17.8. The average molecular weight is 869 g/mol.